The van der Waals surface area contributed by atoms with Crippen molar-refractivity contribution in [2.45, 2.75) is 40.0 Å². The maximum absolute atomic E-state index is 5.86. The van der Waals surface area contributed by atoms with E-state index < -0.39 is 0 Å². The molecule has 0 spiro atoms. The smallest absolute Gasteiger partial charge is 0.0801 e. The Bertz CT molecular complexity index is 530. The van der Waals surface area contributed by atoms with Gasteiger partial charge in [-0.2, -0.15) is 0 Å². The van der Waals surface area contributed by atoms with Crippen LogP contribution in [0.25, 0.3) is 4.91 Å². The van der Waals surface area contributed by atoms with E-state index in [4.69, 9.17) is 10.7 Å². The molecule has 0 aliphatic heterocycles. The summed E-state index contributed by atoms with van der Waals surface area (Å²) in [5.41, 5.74) is 12.3. The number of fused-ring (bicyclic) bond motifs is 1. The molecule has 2 nitrogen and oxygen atoms in total. The minimum atomic E-state index is 0.784. The summed E-state index contributed by atoms with van der Waals surface area (Å²) in [6, 6.07) is 0. The van der Waals surface area contributed by atoms with Gasteiger partial charge in [0.2, 0.25) is 0 Å². The van der Waals surface area contributed by atoms with Crippen LogP contribution in [0.3, 0.4) is 0 Å². The first-order valence-corrected chi connectivity index (χ1v) is 7.14. The summed E-state index contributed by atoms with van der Waals surface area (Å²) in [5, 5.41) is 0.784. The number of rotatable bonds is 3. The first kappa shape index (κ1) is 13.2. The molecule has 2 N–H and O–H groups in total. The molecule has 0 saturated heterocycles. The zero-order valence-corrected chi connectivity index (χ0v) is 12.2. The van der Waals surface area contributed by atoms with E-state index in [0.29, 0.717) is 0 Å². The van der Waals surface area contributed by atoms with Crippen molar-refractivity contribution in [2.75, 3.05) is 0 Å². The second-order valence-electron chi connectivity index (χ2n) is 4.70. The predicted octanol–water partition coefficient (Wildman–Crippen LogP) is 3.71. The van der Waals surface area contributed by atoms with Gasteiger partial charge in [0.25, 0.3) is 0 Å². The largest absolute Gasteiger partial charge is 0.394 e. The molecular weight excluding hydrogens is 240 g/mol. The van der Waals surface area contributed by atoms with Crippen molar-refractivity contribution in [3.63, 3.8) is 0 Å². The Labute approximate surface area is 113 Å². The number of nitrogens with two attached hydrogens (primary N) is 1. The maximum Gasteiger partial charge on any atom is 0.0801 e. The zero-order chi connectivity index (χ0) is 13.3. The monoisotopic (exact) mass is 260 g/mol. The van der Waals surface area contributed by atoms with Crippen molar-refractivity contribution in [3.8, 4) is 0 Å². The molecule has 0 fully saturated rings. The van der Waals surface area contributed by atoms with Crippen LogP contribution in [-0.2, 0) is 12.8 Å². The van der Waals surface area contributed by atoms with Crippen LogP contribution in [0.15, 0.2) is 17.7 Å². The average Bonchev–Trinajstić information content (AvgIpc) is 2.82. The number of hydrogen-bond acceptors (Lipinski definition) is 3. The third-order valence-corrected chi connectivity index (χ3v) is 4.48. The lowest BCUT2D eigenvalue weighted by Crippen LogP contribution is -2.02. The third kappa shape index (κ3) is 2.32. The maximum atomic E-state index is 5.86. The number of allylic oxidation sites excluding steroid dienone is 1. The summed E-state index contributed by atoms with van der Waals surface area (Å²) in [6.07, 6.45) is 5.42. The quantitative estimate of drug-likeness (QED) is 0.900. The summed E-state index contributed by atoms with van der Waals surface area (Å²) in [6.45, 7) is 10.3. The first-order chi connectivity index (χ1) is 8.54. The van der Waals surface area contributed by atoms with Gasteiger partial charge in [-0.3, -0.25) is 4.98 Å². The number of nitrogens with zero attached hydrogens (tertiary/aromatic N) is 1. The minimum absolute atomic E-state index is 0.784. The Morgan fingerprint density at radius 3 is 2.67 bits per heavy atom. The lowest BCUT2D eigenvalue weighted by Gasteiger charge is -2.14. The van der Waals surface area contributed by atoms with E-state index in [-0.39, 0.29) is 0 Å². The molecular formula is C15H20N2S. The number of pyridine rings is 1. The second kappa shape index (κ2) is 5.19. The second-order valence-corrected chi connectivity index (χ2v) is 5.87. The fraction of sp³-hybridized carbons (Fsp3) is 0.400. The van der Waals surface area contributed by atoms with Crippen LogP contribution >= 0.6 is 11.8 Å². The lowest BCUT2D eigenvalue weighted by molar-refractivity contribution is 0.908. The minimum Gasteiger partial charge on any atom is -0.394 e. The molecule has 1 aromatic rings. The van der Waals surface area contributed by atoms with Crippen molar-refractivity contribution in [3.05, 3.63) is 45.8 Å². The highest BCUT2D eigenvalue weighted by Gasteiger charge is 2.21. The lowest BCUT2D eigenvalue weighted by atomic mass is 10.0. The van der Waals surface area contributed by atoms with Gasteiger partial charge in [0.15, 0.2) is 0 Å². The normalized spacial score (nSPS) is 14.7. The number of thioether (sulfide) groups is 1. The molecule has 2 rings (SSSR count). The molecule has 3 heteroatoms. The first-order valence-electron chi connectivity index (χ1n) is 6.32. The Morgan fingerprint density at radius 1 is 1.33 bits per heavy atom. The Balaban J connectivity index is 2.43. The molecule has 1 aromatic heterocycles. The van der Waals surface area contributed by atoms with Gasteiger partial charge < -0.3 is 5.73 Å². The van der Waals surface area contributed by atoms with Gasteiger partial charge in [-0.25, -0.2) is 0 Å². The summed E-state index contributed by atoms with van der Waals surface area (Å²) >= 11 is 1.52. The van der Waals surface area contributed by atoms with Crippen LogP contribution in [0.2, 0.25) is 0 Å². The highest BCUT2D eigenvalue weighted by Crippen LogP contribution is 2.36. The van der Waals surface area contributed by atoms with Crippen molar-refractivity contribution in [1.82, 2.24) is 4.98 Å². The summed E-state index contributed by atoms with van der Waals surface area (Å²) in [5.74, 6) is 0. The molecule has 0 amide bonds. The van der Waals surface area contributed by atoms with E-state index in [1.165, 1.54) is 41.3 Å². The SMILES string of the molecule is C=C(S/C(N)=C\C)c1nc(C)c(C)c2c1CCC2. The van der Waals surface area contributed by atoms with Gasteiger partial charge in [-0.15, -0.1) is 0 Å². The van der Waals surface area contributed by atoms with Crippen molar-refractivity contribution in [1.29, 1.82) is 0 Å². The molecule has 1 heterocycles. The topological polar surface area (TPSA) is 38.9 Å². The van der Waals surface area contributed by atoms with Crippen LogP contribution < -0.4 is 5.73 Å². The molecule has 0 radical (unpaired) electrons. The fourth-order valence-electron chi connectivity index (χ4n) is 2.44. The number of aryl methyl sites for hydroxylation is 1. The van der Waals surface area contributed by atoms with Gasteiger partial charge in [0.05, 0.1) is 10.7 Å². The molecule has 18 heavy (non-hydrogen) atoms. The molecule has 0 unspecified atom stereocenters. The van der Waals surface area contributed by atoms with Gasteiger partial charge in [-0.1, -0.05) is 24.4 Å². The van der Waals surface area contributed by atoms with E-state index in [1.807, 2.05) is 13.0 Å². The van der Waals surface area contributed by atoms with Crippen LogP contribution in [0.5, 0.6) is 0 Å². The molecule has 0 saturated carbocycles. The van der Waals surface area contributed by atoms with Crippen molar-refractivity contribution >= 4 is 16.7 Å². The van der Waals surface area contributed by atoms with E-state index in [1.54, 1.807) is 0 Å². The standard InChI is InChI=1S/C15H20N2S/c1-5-14(16)18-11(4)15-13-8-6-7-12(13)9(2)10(3)17-15/h5H,4,6-8,16H2,1-3H3/b14-5-. The molecule has 96 valence electrons. The number of hydrogen-bond donors (Lipinski definition) is 1. The van der Waals surface area contributed by atoms with Gasteiger partial charge in [0.1, 0.15) is 0 Å². The summed E-state index contributed by atoms with van der Waals surface area (Å²) < 4.78 is 0. The van der Waals surface area contributed by atoms with Crippen LogP contribution in [0.4, 0.5) is 0 Å². The molecule has 1 aliphatic rings. The van der Waals surface area contributed by atoms with Crippen LogP contribution in [0.1, 0.15) is 41.4 Å². The number of aromatic nitrogens is 1. The van der Waals surface area contributed by atoms with Crippen molar-refractivity contribution < 1.29 is 0 Å². The highest BCUT2D eigenvalue weighted by molar-refractivity contribution is 8.11. The molecule has 0 atom stereocenters. The fourth-order valence-corrected chi connectivity index (χ4v) is 3.10. The van der Waals surface area contributed by atoms with E-state index in [9.17, 15) is 0 Å². The summed E-state index contributed by atoms with van der Waals surface area (Å²) in [4.78, 5) is 5.69. The third-order valence-electron chi connectivity index (χ3n) is 3.57. The predicted molar refractivity (Wildman–Crippen MR) is 80.3 cm³/mol. The molecule has 0 aromatic carbocycles. The Hall–Kier alpha value is -1.22. The summed E-state index contributed by atoms with van der Waals surface area (Å²) in [7, 11) is 0. The molecule has 0 bridgehead atoms. The Kier molecular flexibility index (Phi) is 3.81. The zero-order valence-electron chi connectivity index (χ0n) is 11.3. The van der Waals surface area contributed by atoms with E-state index in [2.05, 4.69) is 20.4 Å². The Morgan fingerprint density at radius 2 is 2.00 bits per heavy atom. The van der Waals surface area contributed by atoms with Crippen molar-refractivity contribution in [2.24, 2.45) is 5.73 Å². The van der Waals surface area contributed by atoms with E-state index >= 15 is 0 Å². The van der Waals surface area contributed by atoms with Crippen LogP contribution in [-0.4, -0.2) is 4.98 Å². The highest BCUT2D eigenvalue weighted by atomic mass is 32.2. The van der Waals surface area contributed by atoms with Crippen LogP contribution in [0, 0.1) is 13.8 Å². The van der Waals surface area contributed by atoms with E-state index in [0.717, 1.165) is 27.7 Å². The van der Waals surface area contributed by atoms with Gasteiger partial charge in [-0.05, 0) is 56.7 Å². The van der Waals surface area contributed by atoms with Gasteiger partial charge >= 0.3 is 0 Å². The average molecular weight is 260 g/mol. The molecule has 1 aliphatic carbocycles. The van der Waals surface area contributed by atoms with Gasteiger partial charge in [0, 0.05) is 10.6 Å².